The Bertz CT molecular complexity index is 617. The van der Waals surface area contributed by atoms with E-state index < -0.39 is 0 Å². The van der Waals surface area contributed by atoms with Gasteiger partial charge in [0.1, 0.15) is 5.69 Å². The van der Waals surface area contributed by atoms with Gasteiger partial charge in [0.15, 0.2) is 5.78 Å². The average Bonchev–Trinajstić information content (AvgIpc) is 2.99. The zero-order valence-electron chi connectivity index (χ0n) is 12.3. The highest BCUT2D eigenvalue weighted by Gasteiger charge is 2.14. The Hall–Kier alpha value is -2.36. The van der Waals surface area contributed by atoms with Crippen LogP contribution in [0.25, 0.3) is 0 Å². The third-order valence-electron chi connectivity index (χ3n) is 3.61. The quantitative estimate of drug-likeness (QED) is 0.800. The Morgan fingerprint density at radius 1 is 1.24 bits per heavy atom. The van der Waals surface area contributed by atoms with Crippen molar-refractivity contribution in [3.05, 3.63) is 59.4 Å². The number of carbonyl (C=O) groups excluding carboxylic acids is 2. The van der Waals surface area contributed by atoms with Crippen molar-refractivity contribution in [3.8, 4) is 0 Å². The van der Waals surface area contributed by atoms with Crippen molar-refractivity contribution in [1.29, 1.82) is 0 Å². The van der Waals surface area contributed by atoms with E-state index in [1.165, 1.54) is 12.5 Å². The highest BCUT2D eigenvalue weighted by Crippen LogP contribution is 2.18. The molecule has 0 aliphatic carbocycles. The van der Waals surface area contributed by atoms with Gasteiger partial charge in [-0.05, 0) is 25.0 Å². The summed E-state index contributed by atoms with van der Waals surface area (Å²) in [5.74, 6) is 0.0512. The molecule has 21 heavy (non-hydrogen) atoms. The molecule has 0 bridgehead atoms. The van der Waals surface area contributed by atoms with E-state index in [-0.39, 0.29) is 17.6 Å². The van der Waals surface area contributed by atoms with Crippen LogP contribution >= 0.6 is 0 Å². The summed E-state index contributed by atoms with van der Waals surface area (Å²) in [5.41, 5.74) is 2.16. The van der Waals surface area contributed by atoms with Crippen LogP contribution in [0.15, 0.2) is 42.6 Å². The van der Waals surface area contributed by atoms with Gasteiger partial charge >= 0.3 is 0 Å². The van der Waals surface area contributed by atoms with Crippen molar-refractivity contribution in [1.82, 2.24) is 10.3 Å². The van der Waals surface area contributed by atoms with Gasteiger partial charge in [0.05, 0.1) is 0 Å². The van der Waals surface area contributed by atoms with Crippen LogP contribution in [0.1, 0.15) is 52.6 Å². The second-order valence-corrected chi connectivity index (χ2v) is 5.08. The van der Waals surface area contributed by atoms with Crippen molar-refractivity contribution in [2.45, 2.75) is 26.2 Å². The zero-order chi connectivity index (χ0) is 15.2. The number of hydrogen-bond acceptors (Lipinski definition) is 2. The highest BCUT2D eigenvalue weighted by atomic mass is 16.2. The van der Waals surface area contributed by atoms with Crippen LogP contribution in [0.2, 0.25) is 0 Å². The van der Waals surface area contributed by atoms with Crippen LogP contribution in [0.3, 0.4) is 0 Å². The Labute approximate surface area is 124 Å². The van der Waals surface area contributed by atoms with E-state index in [4.69, 9.17) is 0 Å². The van der Waals surface area contributed by atoms with Crippen LogP contribution < -0.4 is 5.32 Å². The maximum absolute atomic E-state index is 12.1. The van der Waals surface area contributed by atoms with E-state index in [2.05, 4.69) is 29.4 Å². The standard InChI is InChI=1S/C17H20N2O2/c1-3-13(14-7-5-4-6-8-14)10-19-17(21)16-9-15(11-18-16)12(2)20/h4-9,11,13,18H,3,10H2,1-2H3,(H,19,21). The van der Waals surface area contributed by atoms with Crippen LogP contribution in [0.5, 0.6) is 0 Å². The van der Waals surface area contributed by atoms with Crippen molar-refractivity contribution in [2.75, 3.05) is 6.54 Å². The van der Waals surface area contributed by atoms with E-state index >= 15 is 0 Å². The number of aromatic nitrogens is 1. The molecule has 2 aromatic rings. The molecule has 1 aromatic carbocycles. The number of nitrogens with one attached hydrogen (secondary N) is 2. The van der Waals surface area contributed by atoms with Gasteiger partial charge in [-0.25, -0.2) is 0 Å². The lowest BCUT2D eigenvalue weighted by molar-refractivity contribution is 0.0946. The monoisotopic (exact) mass is 284 g/mol. The Kier molecular flexibility index (Phi) is 4.93. The average molecular weight is 284 g/mol. The smallest absolute Gasteiger partial charge is 0.267 e. The molecular formula is C17H20N2O2. The molecule has 0 radical (unpaired) electrons. The summed E-state index contributed by atoms with van der Waals surface area (Å²) in [6, 6.07) is 11.7. The Morgan fingerprint density at radius 3 is 2.52 bits per heavy atom. The highest BCUT2D eigenvalue weighted by molar-refractivity contribution is 5.99. The molecule has 0 saturated heterocycles. The number of H-pyrrole nitrogens is 1. The molecule has 0 spiro atoms. The predicted molar refractivity (Wildman–Crippen MR) is 82.6 cm³/mol. The lowest BCUT2D eigenvalue weighted by Gasteiger charge is -2.15. The second kappa shape index (κ2) is 6.88. The fraction of sp³-hybridized carbons (Fsp3) is 0.294. The van der Waals surface area contributed by atoms with Gasteiger partial charge in [-0.3, -0.25) is 9.59 Å². The van der Waals surface area contributed by atoms with Crippen molar-refractivity contribution < 1.29 is 9.59 Å². The molecule has 2 rings (SSSR count). The van der Waals surface area contributed by atoms with E-state index in [1.54, 1.807) is 12.3 Å². The van der Waals surface area contributed by atoms with Gasteiger partial charge in [-0.15, -0.1) is 0 Å². The van der Waals surface area contributed by atoms with Gasteiger partial charge < -0.3 is 10.3 Å². The first kappa shape index (κ1) is 15.0. The van der Waals surface area contributed by atoms with Crippen molar-refractivity contribution in [3.63, 3.8) is 0 Å². The van der Waals surface area contributed by atoms with Crippen LogP contribution in [0, 0.1) is 0 Å². The van der Waals surface area contributed by atoms with Gasteiger partial charge in [0.2, 0.25) is 0 Å². The fourth-order valence-electron chi connectivity index (χ4n) is 2.26. The number of carbonyl (C=O) groups is 2. The number of benzene rings is 1. The maximum Gasteiger partial charge on any atom is 0.267 e. The van der Waals surface area contributed by atoms with Gasteiger partial charge in [-0.1, -0.05) is 37.3 Å². The van der Waals surface area contributed by atoms with Crippen molar-refractivity contribution >= 4 is 11.7 Å². The van der Waals surface area contributed by atoms with Gasteiger partial charge in [-0.2, -0.15) is 0 Å². The number of Topliss-reactive ketones (excluding diaryl/α,β-unsaturated/α-hetero) is 1. The third-order valence-corrected chi connectivity index (χ3v) is 3.61. The molecule has 1 amide bonds. The number of hydrogen-bond donors (Lipinski definition) is 2. The molecule has 0 aliphatic rings. The molecule has 4 heteroatoms. The summed E-state index contributed by atoms with van der Waals surface area (Å²) >= 11 is 0. The SMILES string of the molecule is CCC(CNC(=O)c1cc(C(C)=O)c[nH]1)c1ccccc1. The first-order valence-corrected chi connectivity index (χ1v) is 7.14. The molecule has 0 aliphatic heterocycles. The normalized spacial score (nSPS) is 11.9. The second-order valence-electron chi connectivity index (χ2n) is 5.08. The predicted octanol–water partition coefficient (Wildman–Crippen LogP) is 3.14. The lowest BCUT2D eigenvalue weighted by atomic mass is 9.96. The number of amides is 1. The molecular weight excluding hydrogens is 264 g/mol. The molecule has 1 atom stereocenters. The minimum Gasteiger partial charge on any atom is -0.356 e. The first-order chi connectivity index (χ1) is 10.1. The van der Waals surface area contributed by atoms with E-state index in [9.17, 15) is 9.59 Å². The maximum atomic E-state index is 12.1. The third kappa shape index (κ3) is 3.81. The summed E-state index contributed by atoms with van der Waals surface area (Å²) in [4.78, 5) is 26.1. The molecule has 1 aromatic heterocycles. The number of rotatable bonds is 6. The van der Waals surface area contributed by atoms with Crippen LogP contribution in [0.4, 0.5) is 0 Å². The minimum absolute atomic E-state index is 0.0546. The van der Waals surface area contributed by atoms with Gasteiger partial charge in [0, 0.05) is 24.2 Å². The molecule has 0 saturated carbocycles. The van der Waals surface area contributed by atoms with E-state index in [0.29, 0.717) is 17.8 Å². The number of ketones is 1. The summed E-state index contributed by atoms with van der Waals surface area (Å²) in [6.07, 6.45) is 2.51. The topological polar surface area (TPSA) is 62.0 Å². The molecule has 2 N–H and O–H groups in total. The zero-order valence-corrected chi connectivity index (χ0v) is 12.3. The fourth-order valence-corrected chi connectivity index (χ4v) is 2.26. The number of aromatic amines is 1. The molecule has 1 heterocycles. The summed E-state index contributed by atoms with van der Waals surface area (Å²) in [6.45, 7) is 4.16. The molecule has 1 unspecified atom stereocenters. The van der Waals surface area contributed by atoms with Crippen LogP contribution in [-0.4, -0.2) is 23.2 Å². The Morgan fingerprint density at radius 2 is 1.95 bits per heavy atom. The first-order valence-electron chi connectivity index (χ1n) is 7.14. The molecule has 0 fully saturated rings. The largest absolute Gasteiger partial charge is 0.356 e. The summed E-state index contributed by atoms with van der Waals surface area (Å²) in [5, 5.41) is 2.92. The Balaban J connectivity index is 1.97. The van der Waals surface area contributed by atoms with Crippen molar-refractivity contribution in [2.24, 2.45) is 0 Å². The van der Waals surface area contributed by atoms with E-state index in [0.717, 1.165) is 6.42 Å². The lowest BCUT2D eigenvalue weighted by Crippen LogP contribution is -2.28. The minimum atomic E-state index is -0.183. The summed E-state index contributed by atoms with van der Waals surface area (Å²) in [7, 11) is 0. The van der Waals surface area contributed by atoms with E-state index in [1.807, 2.05) is 18.2 Å². The van der Waals surface area contributed by atoms with Crippen LogP contribution in [-0.2, 0) is 0 Å². The molecule has 110 valence electrons. The molecule has 4 nitrogen and oxygen atoms in total. The van der Waals surface area contributed by atoms with Gasteiger partial charge in [0.25, 0.3) is 5.91 Å². The summed E-state index contributed by atoms with van der Waals surface area (Å²) < 4.78 is 0.